The van der Waals surface area contributed by atoms with E-state index >= 15 is 0 Å². The quantitative estimate of drug-likeness (QED) is 0.285. The second-order valence-electron chi connectivity index (χ2n) is 6.59. The van der Waals surface area contributed by atoms with Crippen LogP contribution in [0.4, 0.5) is 0 Å². The summed E-state index contributed by atoms with van der Waals surface area (Å²) >= 11 is 5.01. The number of hydrogen-bond donors (Lipinski definition) is 1. The summed E-state index contributed by atoms with van der Waals surface area (Å²) in [6.45, 7) is 0.627. The smallest absolute Gasteiger partial charge is 0.153 e. The van der Waals surface area contributed by atoms with E-state index in [4.69, 9.17) is 14.2 Å². The molecule has 0 atom stereocenters. The zero-order valence-corrected chi connectivity index (χ0v) is 18.8. The van der Waals surface area contributed by atoms with Crippen molar-refractivity contribution in [2.75, 3.05) is 19.0 Å². The summed E-state index contributed by atoms with van der Waals surface area (Å²) in [6.07, 6.45) is 0. The molecule has 0 radical (unpaired) electrons. The zero-order valence-electron chi connectivity index (χ0n) is 16.4. The molecule has 0 bridgehead atoms. The van der Waals surface area contributed by atoms with Crippen LogP contribution in [0.5, 0.6) is 23.0 Å². The van der Waals surface area contributed by atoms with E-state index in [9.17, 15) is 5.11 Å². The van der Waals surface area contributed by atoms with Crippen LogP contribution in [0.25, 0.3) is 20.5 Å². The summed E-state index contributed by atoms with van der Waals surface area (Å²) in [5, 5.41) is 11.3. The first-order chi connectivity index (χ1) is 14.7. The molecule has 0 aliphatic heterocycles. The van der Waals surface area contributed by atoms with Crippen LogP contribution in [0.3, 0.4) is 0 Å². The lowest BCUT2D eigenvalue weighted by molar-refractivity contribution is 0.282. The number of aliphatic hydroxyl groups excluding tert-OH is 1. The van der Waals surface area contributed by atoms with Crippen molar-refractivity contribution in [2.24, 2.45) is 0 Å². The van der Waals surface area contributed by atoms with Gasteiger partial charge in [-0.1, -0.05) is 22.0 Å². The minimum absolute atomic E-state index is 0.0117. The predicted molar refractivity (Wildman–Crippen MR) is 126 cm³/mol. The number of aliphatic hydroxyl groups is 1. The number of thiophene rings is 1. The fourth-order valence-electron chi connectivity index (χ4n) is 3.13. The van der Waals surface area contributed by atoms with Crippen LogP contribution in [0.1, 0.15) is 5.56 Å². The number of benzene rings is 3. The second-order valence-corrected chi connectivity index (χ2v) is 8.43. The molecule has 4 aromatic rings. The fraction of sp³-hybridized carbons (Fsp3) is 0.167. The van der Waals surface area contributed by atoms with Crippen molar-refractivity contribution in [1.29, 1.82) is 0 Å². The molecular weight excluding hydrogens is 464 g/mol. The van der Waals surface area contributed by atoms with E-state index in [2.05, 4.69) is 15.9 Å². The molecule has 0 fully saturated rings. The maximum Gasteiger partial charge on any atom is 0.153 e. The lowest BCUT2D eigenvalue weighted by Crippen LogP contribution is -1.97. The molecule has 0 aliphatic rings. The highest BCUT2D eigenvalue weighted by Gasteiger charge is 2.17. The van der Waals surface area contributed by atoms with Crippen LogP contribution < -0.4 is 14.2 Å². The average molecular weight is 485 g/mol. The van der Waals surface area contributed by atoms with Crippen molar-refractivity contribution < 1.29 is 19.3 Å². The van der Waals surface area contributed by atoms with Gasteiger partial charge in [-0.2, -0.15) is 0 Å². The Labute approximate surface area is 187 Å². The van der Waals surface area contributed by atoms with Gasteiger partial charge in [-0.3, -0.25) is 0 Å². The lowest BCUT2D eigenvalue weighted by atomic mass is 10.1. The molecule has 6 heteroatoms. The molecule has 0 amide bonds. The van der Waals surface area contributed by atoms with E-state index in [1.54, 1.807) is 18.4 Å². The monoisotopic (exact) mass is 484 g/mol. The maximum absolute atomic E-state index is 9.52. The fourth-order valence-corrected chi connectivity index (χ4v) is 4.49. The van der Waals surface area contributed by atoms with Crippen molar-refractivity contribution in [3.63, 3.8) is 0 Å². The van der Waals surface area contributed by atoms with Crippen LogP contribution in [0.2, 0.25) is 0 Å². The molecular formula is C24H21BrO4S. The van der Waals surface area contributed by atoms with Crippen molar-refractivity contribution in [3.8, 4) is 33.4 Å². The lowest BCUT2D eigenvalue weighted by Gasteiger charge is -2.10. The Balaban J connectivity index is 1.74. The molecule has 0 spiro atoms. The van der Waals surface area contributed by atoms with Crippen LogP contribution in [0.15, 0.2) is 66.7 Å². The van der Waals surface area contributed by atoms with Crippen LogP contribution in [0, 0.1) is 0 Å². The Morgan fingerprint density at radius 2 is 1.60 bits per heavy atom. The highest BCUT2D eigenvalue weighted by Crippen LogP contribution is 2.46. The summed E-state index contributed by atoms with van der Waals surface area (Å²) in [7, 11) is 1.66. The Bertz CT molecular complexity index is 1120. The molecule has 30 heavy (non-hydrogen) atoms. The van der Waals surface area contributed by atoms with Gasteiger partial charge in [0.15, 0.2) is 5.75 Å². The summed E-state index contributed by atoms with van der Waals surface area (Å²) < 4.78 is 18.3. The number of hydrogen-bond acceptors (Lipinski definition) is 5. The summed E-state index contributed by atoms with van der Waals surface area (Å²) in [4.78, 5) is 1.03. The van der Waals surface area contributed by atoms with Gasteiger partial charge in [0, 0.05) is 15.4 Å². The molecule has 3 aromatic carbocycles. The van der Waals surface area contributed by atoms with E-state index < -0.39 is 0 Å². The molecule has 1 heterocycles. The van der Waals surface area contributed by atoms with Crippen molar-refractivity contribution in [2.45, 2.75) is 6.61 Å². The van der Waals surface area contributed by atoms with E-state index in [-0.39, 0.29) is 6.61 Å². The van der Waals surface area contributed by atoms with Gasteiger partial charge >= 0.3 is 0 Å². The largest absolute Gasteiger partial charge is 0.497 e. The van der Waals surface area contributed by atoms with Gasteiger partial charge in [0.2, 0.25) is 0 Å². The van der Waals surface area contributed by atoms with Gasteiger partial charge in [0.05, 0.1) is 25.2 Å². The Morgan fingerprint density at radius 3 is 2.27 bits per heavy atom. The van der Waals surface area contributed by atoms with E-state index in [0.29, 0.717) is 6.61 Å². The van der Waals surface area contributed by atoms with E-state index in [1.165, 1.54) is 0 Å². The molecule has 1 N–H and O–H groups in total. The third kappa shape index (κ3) is 4.46. The summed E-state index contributed by atoms with van der Waals surface area (Å²) in [5.74, 6) is 3.16. The first kappa shape index (κ1) is 20.7. The highest BCUT2D eigenvalue weighted by atomic mass is 79.9. The van der Waals surface area contributed by atoms with Gasteiger partial charge in [0.1, 0.15) is 17.2 Å². The zero-order chi connectivity index (χ0) is 20.9. The van der Waals surface area contributed by atoms with Crippen LogP contribution >= 0.6 is 27.3 Å². The minimum atomic E-state index is 0.0117. The number of fused-ring (bicyclic) bond motifs is 1. The SMILES string of the molecule is COc1ccc(-c2sc3cc(CO)ccc3c2Oc2ccc(OCCBr)cc2)cc1. The Hall–Kier alpha value is -2.54. The highest BCUT2D eigenvalue weighted by molar-refractivity contribution is 9.09. The Morgan fingerprint density at radius 1 is 0.900 bits per heavy atom. The van der Waals surface area contributed by atoms with Crippen molar-refractivity contribution in [3.05, 3.63) is 72.3 Å². The van der Waals surface area contributed by atoms with E-state index in [1.807, 2.05) is 66.7 Å². The standard InChI is InChI=1S/C24H21BrO4S/c1-27-18-5-3-17(4-6-18)24-23(21-11-2-16(15-26)14-22(21)30-24)29-20-9-7-19(8-10-20)28-13-12-25/h2-11,14,26H,12-13,15H2,1H3. The number of ether oxygens (including phenoxy) is 3. The van der Waals surface area contributed by atoms with Gasteiger partial charge in [-0.15, -0.1) is 11.3 Å². The van der Waals surface area contributed by atoms with Crippen LogP contribution in [-0.4, -0.2) is 24.2 Å². The minimum Gasteiger partial charge on any atom is -0.497 e. The normalized spacial score (nSPS) is 10.9. The topological polar surface area (TPSA) is 47.9 Å². The predicted octanol–water partition coefficient (Wildman–Crippen LogP) is 6.64. The third-order valence-electron chi connectivity index (χ3n) is 4.63. The molecule has 1 aromatic heterocycles. The number of halogens is 1. The van der Waals surface area contributed by atoms with Gasteiger partial charge in [-0.05, 0) is 71.8 Å². The van der Waals surface area contributed by atoms with Crippen LogP contribution in [-0.2, 0) is 6.61 Å². The maximum atomic E-state index is 9.52. The van der Waals surface area contributed by atoms with Gasteiger partial charge in [-0.25, -0.2) is 0 Å². The molecule has 0 unspecified atom stereocenters. The number of alkyl halides is 1. The average Bonchev–Trinajstić information content (AvgIpc) is 3.16. The number of rotatable bonds is 8. The van der Waals surface area contributed by atoms with Gasteiger partial charge < -0.3 is 19.3 Å². The number of methoxy groups -OCH3 is 1. The van der Waals surface area contributed by atoms with Crippen molar-refractivity contribution >= 4 is 37.4 Å². The molecule has 154 valence electrons. The molecule has 0 aliphatic carbocycles. The molecule has 4 nitrogen and oxygen atoms in total. The molecule has 0 saturated carbocycles. The molecule has 4 rings (SSSR count). The van der Waals surface area contributed by atoms with Crippen molar-refractivity contribution in [1.82, 2.24) is 0 Å². The van der Waals surface area contributed by atoms with E-state index in [0.717, 1.165) is 54.4 Å². The summed E-state index contributed by atoms with van der Waals surface area (Å²) in [5.41, 5.74) is 1.93. The second kappa shape index (κ2) is 9.51. The van der Waals surface area contributed by atoms with Gasteiger partial charge in [0.25, 0.3) is 0 Å². The molecule has 0 saturated heterocycles. The summed E-state index contributed by atoms with van der Waals surface area (Å²) in [6, 6.07) is 21.5. The first-order valence-corrected chi connectivity index (χ1v) is 11.4. The third-order valence-corrected chi connectivity index (χ3v) is 6.14. The first-order valence-electron chi connectivity index (χ1n) is 9.49. The Kier molecular flexibility index (Phi) is 6.57.